The van der Waals surface area contributed by atoms with E-state index in [2.05, 4.69) is 33.7 Å². The summed E-state index contributed by atoms with van der Waals surface area (Å²) < 4.78 is 5.21. The Hall–Kier alpha value is -2.53. The van der Waals surface area contributed by atoms with Crippen LogP contribution in [-0.4, -0.2) is 31.1 Å². The first-order chi connectivity index (χ1) is 13.2. The van der Waals surface area contributed by atoms with Gasteiger partial charge in [-0.2, -0.15) is 0 Å². The Morgan fingerprint density at radius 3 is 2.48 bits per heavy atom. The maximum Gasteiger partial charge on any atom is 0.315 e. The van der Waals surface area contributed by atoms with Crippen molar-refractivity contribution in [3.63, 3.8) is 0 Å². The molecule has 2 amide bonds. The number of hydrogen-bond donors (Lipinski definition) is 2. The highest BCUT2D eigenvalue weighted by Gasteiger charge is 2.12. The van der Waals surface area contributed by atoms with Crippen LogP contribution in [0.5, 0.6) is 5.75 Å². The third-order valence-electron chi connectivity index (χ3n) is 4.99. The lowest BCUT2D eigenvalue weighted by molar-refractivity contribution is 0.220. The summed E-state index contributed by atoms with van der Waals surface area (Å²) in [6, 6.07) is 15.9. The van der Waals surface area contributed by atoms with Crippen LogP contribution >= 0.6 is 0 Å². The zero-order valence-electron chi connectivity index (χ0n) is 16.0. The second kappa shape index (κ2) is 9.97. The number of amides is 2. The van der Waals surface area contributed by atoms with Gasteiger partial charge in [0, 0.05) is 19.6 Å². The van der Waals surface area contributed by atoms with E-state index in [9.17, 15) is 4.79 Å². The average Bonchev–Trinajstić information content (AvgIpc) is 2.72. The van der Waals surface area contributed by atoms with Gasteiger partial charge in [0.15, 0.2) is 0 Å². The summed E-state index contributed by atoms with van der Waals surface area (Å²) >= 11 is 0. The molecule has 1 heterocycles. The van der Waals surface area contributed by atoms with Crippen molar-refractivity contribution >= 4 is 6.03 Å². The van der Waals surface area contributed by atoms with E-state index in [1.54, 1.807) is 7.11 Å². The van der Waals surface area contributed by atoms with Crippen LogP contribution < -0.4 is 15.4 Å². The van der Waals surface area contributed by atoms with Crippen LogP contribution in [-0.2, 0) is 19.6 Å². The van der Waals surface area contributed by atoms with Crippen molar-refractivity contribution in [1.82, 2.24) is 15.5 Å². The van der Waals surface area contributed by atoms with Crippen LogP contribution in [0, 0.1) is 0 Å². The average molecular weight is 367 g/mol. The molecule has 144 valence electrons. The molecule has 0 atom stereocenters. The number of nitrogens with zero attached hydrogens (tertiary/aromatic N) is 1. The van der Waals surface area contributed by atoms with Crippen LogP contribution in [0.4, 0.5) is 4.79 Å². The summed E-state index contributed by atoms with van der Waals surface area (Å²) in [5, 5.41) is 5.88. The molecule has 1 saturated heterocycles. The number of carbonyl (C=O) groups excluding carboxylic acids is 1. The summed E-state index contributed by atoms with van der Waals surface area (Å²) in [4.78, 5) is 14.7. The van der Waals surface area contributed by atoms with Crippen molar-refractivity contribution in [3.8, 4) is 5.75 Å². The topological polar surface area (TPSA) is 53.6 Å². The minimum atomic E-state index is -0.161. The van der Waals surface area contributed by atoms with Gasteiger partial charge in [-0.3, -0.25) is 4.90 Å². The van der Waals surface area contributed by atoms with Crippen molar-refractivity contribution in [2.75, 3.05) is 20.2 Å². The smallest absolute Gasteiger partial charge is 0.315 e. The minimum absolute atomic E-state index is 0.161. The molecule has 1 aliphatic rings. The van der Waals surface area contributed by atoms with Gasteiger partial charge in [0.05, 0.1) is 7.11 Å². The number of carbonyl (C=O) groups is 1. The van der Waals surface area contributed by atoms with Crippen molar-refractivity contribution in [1.29, 1.82) is 0 Å². The predicted molar refractivity (Wildman–Crippen MR) is 108 cm³/mol. The Kier molecular flexibility index (Phi) is 7.11. The molecule has 0 aromatic heterocycles. The van der Waals surface area contributed by atoms with Crippen LogP contribution in [0.2, 0.25) is 0 Å². The maximum absolute atomic E-state index is 12.2. The Bertz CT molecular complexity index is 742. The molecule has 0 saturated carbocycles. The van der Waals surface area contributed by atoms with Crippen molar-refractivity contribution in [2.45, 2.75) is 38.9 Å². The van der Waals surface area contributed by atoms with Gasteiger partial charge in [0.2, 0.25) is 0 Å². The first kappa shape index (κ1) is 19.2. The number of methoxy groups -OCH3 is 1. The Morgan fingerprint density at radius 2 is 1.70 bits per heavy atom. The standard InChI is InChI=1S/C22H29N3O2/c1-27-21-11-7-8-18(14-21)15-23-22(26)24-16-19-9-3-4-10-20(19)17-25-12-5-2-6-13-25/h3-4,7-11,14H,2,5-6,12-13,15-17H2,1H3,(H2,23,24,26). The zero-order chi connectivity index (χ0) is 18.9. The van der Waals surface area contributed by atoms with E-state index in [4.69, 9.17) is 4.74 Å². The molecule has 1 fully saturated rings. The lowest BCUT2D eigenvalue weighted by Crippen LogP contribution is -2.35. The van der Waals surface area contributed by atoms with Gasteiger partial charge in [0.1, 0.15) is 5.75 Å². The molecule has 0 unspecified atom stereocenters. The fourth-order valence-electron chi connectivity index (χ4n) is 3.45. The van der Waals surface area contributed by atoms with Crippen molar-refractivity contribution in [3.05, 3.63) is 65.2 Å². The third-order valence-corrected chi connectivity index (χ3v) is 4.99. The zero-order valence-corrected chi connectivity index (χ0v) is 16.0. The number of piperidine rings is 1. The highest BCUT2D eigenvalue weighted by Crippen LogP contribution is 2.16. The molecule has 2 aromatic rings. The van der Waals surface area contributed by atoms with Gasteiger partial charge in [-0.1, -0.05) is 42.8 Å². The summed E-state index contributed by atoms with van der Waals surface area (Å²) in [5.41, 5.74) is 3.49. The molecule has 0 spiro atoms. The van der Waals surface area contributed by atoms with Crippen LogP contribution in [0.25, 0.3) is 0 Å². The molecular formula is C22H29N3O2. The quantitative estimate of drug-likeness (QED) is 0.785. The first-order valence-corrected chi connectivity index (χ1v) is 9.68. The van der Waals surface area contributed by atoms with Crippen LogP contribution in [0.1, 0.15) is 36.0 Å². The molecule has 0 aliphatic carbocycles. The van der Waals surface area contributed by atoms with Gasteiger partial charge in [-0.05, 0) is 54.8 Å². The largest absolute Gasteiger partial charge is 0.497 e. The Labute approximate surface area is 161 Å². The summed E-state index contributed by atoms with van der Waals surface area (Å²) in [6.07, 6.45) is 3.91. The van der Waals surface area contributed by atoms with Crippen molar-refractivity contribution < 1.29 is 9.53 Å². The van der Waals surface area contributed by atoms with E-state index in [0.717, 1.165) is 17.9 Å². The predicted octanol–water partition coefficient (Wildman–Crippen LogP) is 3.68. The van der Waals surface area contributed by atoms with Gasteiger partial charge >= 0.3 is 6.03 Å². The number of rotatable bonds is 7. The monoisotopic (exact) mass is 367 g/mol. The first-order valence-electron chi connectivity index (χ1n) is 9.68. The van der Waals surface area contributed by atoms with E-state index in [0.29, 0.717) is 13.1 Å². The number of benzene rings is 2. The van der Waals surface area contributed by atoms with Gasteiger partial charge in [-0.15, -0.1) is 0 Å². The van der Waals surface area contributed by atoms with E-state index < -0.39 is 0 Å². The maximum atomic E-state index is 12.2. The fourth-order valence-corrected chi connectivity index (χ4v) is 3.45. The van der Waals surface area contributed by atoms with Gasteiger partial charge in [-0.25, -0.2) is 4.79 Å². The number of hydrogen-bond acceptors (Lipinski definition) is 3. The van der Waals surface area contributed by atoms with Crippen molar-refractivity contribution in [2.24, 2.45) is 0 Å². The third kappa shape index (κ3) is 6.00. The van der Waals surface area contributed by atoms with E-state index in [-0.39, 0.29) is 6.03 Å². The Morgan fingerprint density at radius 1 is 0.963 bits per heavy atom. The number of nitrogens with one attached hydrogen (secondary N) is 2. The van der Waals surface area contributed by atoms with Gasteiger partial charge < -0.3 is 15.4 Å². The second-order valence-corrected chi connectivity index (χ2v) is 6.99. The van der Waals surface area contributed by atoms with Crippen LogP contribution in [0.3, 0.4) is 0 Å². The molecule has 27 heavy (non-hydrogen) atoms. The molecule has 1 aliphatic heterocycles. The molecule has 0 bridgehead atoms. The minimum Gasteiger partial charge on any atom is -0.497 e. The molecular weight excluding hydrogens is 338 g/mol. The SMILES string of the molecule is COc1cccc(CNC(=O)NCc2ccccc2CN2CCCCC2)c1. The molecule has 0 radical (unpaired) electrons. The number of ether oxygens (including phenoxy) is 1. The molecule has 2 N–H and O–H groups in total. The highest BCUT2D eigenvalue weighted by molar-refractivity contribution is 5.73. The van der Waals surface area contributed by atoms with Gasteiger partial charge in [0.25, 0.3) is 0 Å². The molecule has 5 heteroatoms. The summed E-state index contributed by atoms with van der Waals surface area (Å²) in [5.74, 6) is 0.793. The molecule has 2 aromatic carbocycles. The lowest BCUT2D eigenvalue weighted by Gasteiger charge is -2.27. The second-order valence-electron chi connectivity index (χ2n) is 6.99. The van der Waals surface area contributed by atoms with E-state index in [1.165, 1.54) is 43.5 Å². The van der Waals surface area contributed by atoms with E-state index in [1.807, 2.05) is 30.3 Å². The normalized spacial score (nSPS) is 14.6. The molecule has 3 rings (SSSR count). The molecule has 5 nitrogen and oxygen atoms in total. The summed E-state index contributed by atoms with van der Waals surface area (Å²) in [7, 11) is 1.64. The summed E-state index contributed by atoms with van der Waals surface area (Å²) in [6.45, 7) is 4.31. The van der Waals surface area contributed by atoms with E-state index >= 15 is 0 Å². The number of likely N-dealkylation sites (tertiary alicyclic amines) is 1. The van der Waals surface area contributed by atoms with Crippen LogP contribution in [0.15, 0.2) is 48.5 Å². The fraction of sp³-hybridized carbons (Fsp3) is 0.409. The number of urea groups is 1. The lowest BCUT2D eigenvalue weighted by atomic mass is 10.0. The Balaban J connectivity index is 1.49. The highest BCUT2D eigenvalue weighted by atomic mass is 16.5.